The van der Waals surface area contributed by atoms with E-state index in [0.29, 0.717) is 0 Å². The van der Waals surface area contributed by atoms with Crippen LogP contribution in [0.3, 0.4) is 0 Å². The minimum Gasteiger partial charge on any atom is -0.381 e. The Morgan fingerprint density at radius 3 is 2.71 bits per heavy atom. The second-order valence-electron chi connectivity index (χ2n) is 9.13. The Balaban J connectivity index is 1.18. The van der Waals surface area contributed by atoms with E-state index in [2.05, 4.69) is 64.8 Å². The summed E-state index contributed by atoms with van der Waals surface area (Å²) in [5.41, 5.74) is 11.1. The van der Waals surface area contributed by atoms with Crippen LogP contribution in [0.4, 0.5) is 0 Å². The summed E-state index contributed by atoms with van der Waals surface area (Å²) in [4.78, 5) is 2.73. The molecule has 0 amide bonds. The van der Waals surface area contributed by atoms with Crippen LogP contribution in [0.15, 0.2) is 60.3 Å². The molecule has 34 heavy (non-hydrogen) atoms. The summed E-state index contributed by atoms with van der Waals surface area (Å²) in [7, 11) is 1.98. The fourth-order valence-corrected chi connectivity index (χ4v) is 6.31. The van der Waals surface area contributed by atoms with Crippen molar-refractivity contribution in [1.82, 2.24) is 20.0 Å². The summed E-state index contributed by atoms with van der Waals surface area (Å²) in [6.45, 7) is 1.69. The van der Waals surface area contributed by atoms with Crippen LogP contribution in [0.1, 0.15) is 28.8 Å². The number of thiophene rings is 1. The normalized spacial score (nSPS) is 15.0. The lowest BCUT2D eigenvalue weighted by molar-refractivity contribution is 0.119. The number of nitrogens with zero attached hydrogens (tertiary/aromatic N) is 3. The fraction of sp³-hybridized carbons (Fsp3) is 0.214. The van der Waals surface area contributed by atoms with Crippen LogP contribution in [0, 0.1) is 0 Å². The second-order valence-corrected chi connectivity index (χ2v) is 10.3. The number of aromatic amines is 1. The number of rotatable bonds is 3. The number of ether oxygens (including phenoxy) is 1. The minimum absolute atomic E-state index is 0.847. The maximum absolute atomic E-state index is 5.46. The van der Waals surface area contributed by atoms with Crippen molar-refractivity contribution in [3.05, 3.63) is 76.3 Å². The Hall–Kier alpha value is -3.48. The monoisotopic (exact) mass is 464 g/mol. The van der Waals surface area contributed by atoms with Gasteiger partial charge in [0.25, 0.3) is 0 Å². The van der Waals surface area contributed by atoms with Crippen LogP contribution in [-0.2, 0) is 18.2 Å². The van der Waals surface area contributed by atoms with Gasteiger partial charge in [-0.2, -0.15) is 10.2 Å². The van der Waals surface area contributed by atoms with Crippen molar-refractivity contribution in [3.63, 3.8) is 0 Å². The number of fused-ring (bicyclic) bond motifs is 4. The molecule has 0 saturated carbocycles. The summed E-state index contributed by atoms with van der Waals surface area (Å²) in [6.07, 6.45) is 7.24. The lowest BCUT2D eigenvalue weighted by Gasteiger charge is -2.14. The number of hydrogen-bond donors (Lipinski definition) is 1. The number of aromatic nitrogens is 4. The first kappa shape index (κ1) is 19.9. The summed E-state index contributed by atoms with van der Waals surface area (Å²) in [6, 6.07) is 17.7. The molecule has 1 saturated heterocycles. The van der Waals surface area contributed by atoms with Gasteiger partial charge in [-0.15, -0.1) is 11.3 Å². The molecule has 5 nitrogen and oxygen atoms in total. The molecule has 1 fully saturated rings. The van der Waals surface area contributed by atoms with Gasteiger partial charge in [-0.3, -0.25) is 9.78 Å². The van der Waals surface area contributed by atoms with Crippen molar-refractivity contribution in [2.45, 2.75) is 19.3 Å². The zero-order valence-electron chi connectivity index (χ0n) is 19.0. The highest BCUT2D eigenvalue weighted by atomic mass is 32.1. The van der Waals surface area contributed by atoms with E-state index < -0.39 is 0 Å². The van der Waals surface area contributed by atoms with Gasteiger partial charge in [0.2, 0.25) is 0 Å². The number of nitrogens with one attached hydrogen (secondary N) is 1. The third-order valence-electron chi connectivity index (χ3n) is 7.01. The van der Waals surface area contributed by atoms with E-state index in [9.17, 15) is 0 Å². The van der Waals surface area contributed by atoms with Gasteiger partial charge in [0.15, 0.2) is 0 Å². The summed E-state index contributed by atoms with van der Waals surface area (Å²) in [5.74, 6) is 0. The molecule has 0 unspecified atom stereocenters. The predicted octanol–water partition coefficient (Wildman–Crippen LogP) is 6.46. The zero-order chi connectivity index (χ0) is 22.6. The highest BCUT2D eigenvalue weighted by molar-refractivity contribution is 7.16. The van der Waals surface area contributed by atoms with Crippen molar-refractivity contribution < 1.29 is 4.74 Å². The van der Waals surface area contributed by atoms with E-state index in [1.165, 1.54) is 43.3 Å². The SMILES string of the molecule is Cn1ncc2ccc(-c3n[nH]c4c3Cc3sc(-c5ccc(C=C6CCOCC6)cc5)cc3-4)cc21. The zero-order valence-corrected chi connectivity index (χ0v) is 19.8. The van der Waals surface area contributed by atoms with Crippen molar-refractivity contribution >= 4 is 28.3 Å². The van der Waals surface area contributed by atoms with Crippen molar-refractivity contribution in [2.75, 3.05) is 13.2 Å². The minimum atomic E-state index is 0.847. The predicted molar refractivity (Wildman–Crippen MR) is 138 cm³/mol. The first-order valence-electron chi connectivity index (χ1n) is 11.7. The molecule has 0 bridgehead atoms. The molecule has 2 aliphatic rings. The van der Waals surface area contributed by atoms with Gasteiger partial charge in [0.1, 0.15) is 0 Å². The Bertz CT molecular complexity index is 1560. The van der Waals surface area contributed by atoms with Crippen molar-refractivity contribution in [1.29, 1.82) is 0 Å². The molecule has 2 aromatic carbocycles. The van der Waals surface area contributed by atoms with E-state index in [0.717, 1.165) is 54.6 Å². The molecule has 5 aromatic rings. The standard InChI is InChI=1S/C28H24N4OS/c1-32-24-13-20(6-7-21(24)16-29-32)27-23-15-26-22(28(23)31-30-27)14-25(34-26)19-4-2-17(3-5-19)12-18-8-10-33-11-9-18/h2-7,12-14,16H,8-11,15H2,1H3,(H,30,31). The van der Waals surface area contributed by atoms with Gasteiger partial charge in [0, 0.05) is 45.3 Å². The Kier molecular flexibility index (Phi) is 4.57. The maximum atomic E-state index is 5.46. The molecular weight excluding hydrogens is 440 g/mol. The first-order chi connectivity index (χ1) is 16.7. The third kappa shape index (κ3) is 3.25. The summed E-state index contributed by atoms with van der Waals surface area (Å²) < 4.78 is 7.38. The van der Waals surface area contributed by atoms with Gasteiger partial charge in [-0.25, -0.2) is 0 Å². The number of H-pyrrole nitrogens is 1. The van der Waals surface area contributed by atoms with E-state index in [1.807, 2.05) is 29.3 Å². The van der Waals surface area contributed by atoms with Crippen LogP contribution in [0.25, 0.3) is 49.9 Å². The number of hydrogen-bond acceptors (Lipinski definition) is 4. The van der Waals surface area contributed by atoms with Gasteiger partial charge in [-0.05, 0) is 36.1 Å². The third-order valence-corrected chi connectivity index (χ3v) is 8.19. The lowest BCUT2D eigenvalue weighted by atomic mass is 10.0. The van der Waals surface area contributed by atoms with Crippen LogP contribution in [0.2, 0.25) is 0 Å². The summed E-state index contributed by atoms with van der Waals surface area (Å²) in [5, 5.41) is 13.6. The molecule has 3 aromatic heterocycles. The molecule has 0 atom stereocenters. The van der Waals surface area contributed by atoms with Crippen molar-refractivity contribution in [2.24, 2.45) is 7.05 Å². The Morgan fingerprint density at radius 1 is 1.03 bits per heavy atom. The van der Waals surface area contributed by atoms with Gasteiger partial charge in [0.05, 0.1) is 36.3 Å². The number of aryl methyl sites for hydroxylation is 1. The van der Waals surface area contributed by atoms with Gasteiger partial charge >= 0.3 is 0 Å². The fourth-order valence-electron chi connectivity index (χ4n) is 5.12. The Labute approximate surface area is 201 Å². The van der Waals surface area contributed by atoms with Crippen LogP contribution >= 0.6 is 11.3 Å². The van der Waals surface area contributed by atoms with Crippen molar-refractivity contribution in [3.8, 4) is 33.0 Å². The maximum Gasteiger partial charge on any atom is 0.0963 e. The molecule has 7 rings (SSSR count). The molecule has 0 spiro atoms. The molecule has 168 valence electrons. The number of benzene rings is 2. The van der Waals surface area contributed by atoms with Crippen LogP contribution < -0.4 is 0 Å². The van der Waals surface area contributed by atoms with E-state index in [1.54, 1.807) is 0 Å². The molecule has 1 aliphatic carbocycles. The van der Waals surface area contributed by atoms with Crippen LogP contribution in [0.5, 0.6) is 0 Å². The van der Waals surface area contributed by atoms with E-state index in [-0.39, 0.29) is 0 Å². The quantitative estimate of drug-likeness (QED) is 0.327. The molecule has 4 heterocycles. The largest absolute Gasteiger partial charge is 0.381 e. The smallest absolute Gasteiger partial charge is 0.0963 e. The average molecular weight is 465 g/mol. The molecule has 0 radical (unpaired) electrons. The average Bonchev–Trinajstić information content (AvgIpc) is 3.62. The molecule has 6 heteroatoms. The van der Waals surface area contributed by atoms with Crippen LogP contribution in [-0.4, -0.2) is 33.2 Å². The van der Waals surface area contributed by atoms with Gasteiger partial charge in [-0.1, -0.05) is 48.0 Å². The highest BCUT2D eigenvalue weighted by Gasteiger charge is 2.28. The Morgan fingerprint density at radius 2 is 1.85 bits per heavy atom. The molecular formula is C28H24N4OS. The molecule has 1 N–H and O–H groups in total. The molecule has 1 aliphatic heterocycles. The van der Waals surface area contributed by atoms with Gasteiger partial charge < -0.3 is 4.74 Å². The second kappa shape index (κ2) is 7.79. The van der Waals surface area contributed by atoms with E-state index >= 15 is 0 Å². The first-order valence-corrected chi connectivity index (χ1v) is 12.5. The summed E-state index contributed by atoms with van der Waals surface area (Å²) >= 11 is 1.89. The highest BCUT2D eigenvalue weighted by Crippen LogP contribution is 2.46. The topological polar surface area (TPSA) is 55.7 Å². The lowest BCUT2D eigenvalue weighted by Crippen LogP contribution is -2.06. The van der Waals surface area contributed by atoms with E-state index in [4.69, 9.17) is 9.84 Å².